The third-order valence-electron chi connectivity index (χ3n) is 10.9. The standard InChI is InChI=1S/C48H28N6S/c1-3-13-29(14-4-1)43-33-17-7-10-20-37(33)51-47(52-43)30-23-25-32(26-24-30)54-39-22-12-9-19-35(39)41-40-34-18-8-11-21-38(34)53(31-15-5-2-6-16-31)44(40)42-36-27-49-28-50-48(36)55-46(42)45(41)54/h1-28H. The second-order valence-electron chi connectivity index (χ2n) is 13.9. The maximum atomic E-state index is 5.16. The van der Waals surface area contributed by atoms with Crippen LogP contribution < -0.4 is 0 Å². The van der Waals surface area contributed by atoms with Gasteiger partial charge < -0.3 is 9.13 Å². The summed E-state index contributed by atoms with van der Waals surface area (Å²) < 4.78 is 6.05. The number of aromatic nitrogens is 6. The van der Waals surface area contributed by atoms with E-state index < -0.39 is 0 Å². The lowest BCUT2D eigenvalue weighted by Crippen LogP contribution is -1.97. The van der Waals surface area contributed by atoms with E-state index in [-0.39, 0.29) is 0 Å². The van der Waals surface area contributed by atoms with Crippen molar-refractivity contribution < 1.29 is 0 Å². The van der Waals surface area contributed by atoms with Crippen LogP contribution in [0, 0.1) is 0 Å². The van der Waals surface area contributed by atoms with E-state index in [2.05, 4.69) is 154 Å². The molecule has 0 unspecified atom stereocenters. The molecule has 0 atom stereocenters. The van der Waals surface area contributed by atoms with Crippen LogP contribution >= 0.6 is 11.3 Å². The van der Waals surface area contributed by atoms with E-state index in [1.54, 1.807) is 17.7 Å². The van der Waals surface area contributed by atoms with Gasteiger partial charge in [-0.3, -0.25) is 0 Å². The number of fused-ring (bicyclic) bond motifs is 13. The molecule has 0 spiro atoms. The Hall–Kier alpha value is -7.22. The molecule has 5 aromatic heterocycles. The van der Waals surface area contributed by atoms with Crippen molar-refractivity contribution in [3.63, 3.8) is 0 Å². The first-order valence-corrected chi connectivity index (χ1v) is 19.1. The quantitative estimate of drug-likeness (QED) is 0.182. The third-order valence-corrected chi connectivity index (χ3v) is 12.0. The fraction of sp³-hybridized carbons (Fsp3) is 0. The van der Waals surface area contributed by atoms with Gasteiger partial charge in [0.15, 0.2) is 5.82 Å². The molecule has 0 radical (unpaired) electrons. The van der Waals surface area contributed by atoms with Gasteiger partial charge in [-0.05, 0) is 54.6 Å². The fourth-order valence-corrected chi connectivity index (χ4v) is 9.73. The highest BCUT2D eigenvalue weighted by molar-refractivity contribution is 7.26. The lowest BCUT2D eigenvalue weighted by atomic mass is 10.0. The molecule has 0 bridgehead atoms. The lowest BCUT2D eigenvalue weighted by molar-refractivity contribution is 1.18. The number of nitrogens with zero attached hydrogens (tertiary/aromatic N) is 6. The van der Waals surface area contributed by atoms with Crippen molar-refractivity contribution in [1.29, 1.82) is 0 Å². The summed E-state index contributed by atoms with van der Waals surface area (Å²) in [6, 6.07) is 55.6. The van der Waals surface area contributed by atoms with E-state index in [0.717, 1.165) is 54.8 Å². The first-order valence-electron chi connectivity index (χ1n) is 18.3. The zero-order valence-corrected chi connectivity index (χ0v) is 30.1. The monoisotopic (exact) mass is 720 g/mol. The Morgan fingerprint density at radius 2 is 1.05 bits per heavy atom. The minimum absolute atomic E-state index is 0.701. The van der Waals surface area contributed by atoms with Crippen LogP contribution in [-0.2, 0) is 0 Å². The highest BCUT2D eigenvalue weighted by Gasteiger charge is 2.27. The molecule has 7 aromatic carbocycles. The molecule has 256 valence electrons. The van der Waals surface area contributed by atoms with E-state index in [0.29, 0.717) is 5.82 Å². The number of para-hydroxylation sites is 4. The Morgan fingerprint density at radius 3 is 1.80 bits per heavy atom. The van der Waals surface area contributed by atoms with E-state index >= 15 is 0 Å². The molecule has 0 aliphatic rings. The van der Waals surface area contributed by atoms with E-state index in [1.165, 1.54) is 48.2 Å². The maximum Gasteiger partial charge on any atom is 0.160 e. The first-order chi connectivity index (χ1) is 27.3. The van der Waals surface area contributed by atoms with Crippen molar-refractivity contribution in [3.8, 4) is 34.0 Å². The Bertz CT molecular complexity index is 3470. The van der Waals surface area contributed by atoms with Crippen molar-refractivity contribution in [2.24, 2.45) is 0 Å². The second-order valence-corrected chi connectivity index (χ2v) is 14.9. The molecule has 12 aromatic rings. The number of hydrogen-bond acceptors (Lipinski definition) is 5. The summed E-state index contributed by atoms with van der Waals surface area (Å²) in [5.41, 5.74) is 10.7. The Kier molecular flexibility index (Phi) is 6.40. The summed E-state index contributed by atoms with van der Waals surface area (Å²) in [5.74, 6) is 0.701. The molecular weight excluding hydrogens is 693 g/mol. The molecule has 0 fully saturated rings. The van der Waals surface area contributed by atoms with Gasteiger partial charge in [-0.15, -0.1) is 11.3 Å². The largest absolute Gasteiger partial charge is 0.309 e. The highest BCUT2D eigenvalue weighted by atomic mass is 32.1. The third kappa shape index (κ3) is 4.35. The smallest absolute Gasteiger partial charge is 0.160 e. The average molecular weight is 721 g/mol. The molecule has 55 heavy (non-hydrogen) atoms. The van der Waals surface area contributed by atoms with Gasteiger partial charge in [0.1, 0.15) is 11.2 Å². The fourth-order valence-electron chi connectivity index (χ4n) is 8.58. The van der Waals surface area contributed by atoms with E-state index in [9.17, 15) is 0 Å². The van der Waals surface area contributed by atoms with Gasteiger partial charge >= 0.3 is 0 Å². The average Bonchev–Trinajstić information content (AvgIpc) is 3.92. The number of hydrogen-bond donors (Lipinski definition) is 0. The van der Waals surface area contributed by atoms with Crippen molar-refractivity contribution in [1.82, 2.24) is 29.1 Å². The van der Waals surface area contributed by atoms with Crippen LogP contribution in [0.2, 0.25) is 0 Å². The topological polar surface area (TPSA) is 61.4 Å². The molecule has 5 heterocycles. The maximum absolute atomic E-state index is 5.16. The van der Waals surface area contributed by atoms with Gasteiger partial charge in [-0.1, -0.05) is 103 Å². The van der Waals surface area contributed by atoms with Gasteiger partial charge in [-0.25, -0.2) is 19.9 Å². The molecule has 0 saturated carbocycles. The second kappa shape index (κ2) is 11.6. The number of thiophene rings is 1. The zero-order chi connectivity index (χ0) is 36.0. The predicted molar refractivity (Wildman–Crippen MR) is 228 cm³/mol. The van der Waals surface area contributed by atoms with Gasteiger partial charge in [0.2, 0.25) is 0 Å². The van der Waals surface area contributed by atoms with E-state index in [4.69, 9.17) is 15.0 Å². The van der Waals surface area contributed by atoms with Gasteiger partial charge in [0.25, 0.3) is 0 Å². The van der Waals surface area contributed by atoms with E-state index in [1.807, 2.05) is 24.4 Å². The van der Waals surface area contributed by atoms with Crippen molar-refractivity contribution in [2.75, 3.05) is 0 Å². The van der Waals surface area contributed by atoms with Gasteiger partial charge in [0.05, 0.1) is 38.0 Å². The summed E-state index contributed by atoms with van der Waals surface area (Å²) in [6.07, 6.45) is 3.64. The minimum atomic E-state index is 0.701. The van der Waals surface area contributed by atoms with Gasteiger partial charge in [-0.2, -0.15) is 0 Å². The van der Waals surface area contributed by atoms with Crippen LogP contribution in [0.5, 0.6) is 0 Å². The van der Waals surface area contributed by atoms with Crippen molar-refractivity contribution in [3.05, 3.63) is 170 Å². The highest BCUT2D eigenvalue weighted by Crippen LogP contribution is 2.50. The normalized spacial score (nSPS) is 12.0. The van der Waals surface area contributed by atoms with Crippen LogP contribution in [0.15, 0.2) is 170 Å². The van der Waals surface area contributed by atoms with Crippen LogP contribution in [0.25, 0.3) is 109 Å². The molecule has 6 nitrogen and oxygen atoms in total. The molecular formula is C48H28N6S. The Balaban J connectivity index is 1.17. The molecule has 0 N–H and O–H groups in total. The van der Waals surface area contributed by atoms with Crippen LogP contribution in [0.1, 0.15) is 0 Å². The van der Waals surface area contributed by atoms with Crippen LogP contribution in [0.4, 0.5) is 0 Å². The summed E-state index contributed by atoms with van der Waals surface area (Å²) in [5, 5.41) is 8.15. The number of benzene rings is 7. The summed E-state index contributed by atoms with van der Waals surface area (Å²) in [6.45, 7) is 0. The van der Waals surface area contributed by atoms with Crippen molar-refractivity contribution >= 4 is 86.2 Å². The van der Waals surface area contributed by atoms with Gasteiger partial charge in [0, 0.05) is 66.4 Å². The Labute approximate surface area is 318 Å². The Morgan fingerprint density at radius 1 is 0.455 bits per heavy atom. The molecule has 0 saturated heterocycles. The summed E-state index contributed by atoms with van der Waals surface area (Å²) in [4.78, 5) is 20.5. The molecule has 12 rings (SSSR count). The first kappa shape index (κ1) is 30.3. The van der Waals surface area contributed by atoms with Crippen LogP contribution in [-0.4, -0.2) is 29.1 Å². The predicted octanol–water partition coefficient (Wildman–Crippen LogP) is 12.3. The molecule has 0 aliphatic heterocycles. The minimum Gasteiger partial charge on any atom is -0.309 e. The lowest BCUT2D eigenvalue weighted by Gasteiger charge is -2.12. The molecule has 0 aliphatic carbocycles. The summed E-state index contributed by atoms with van der Waals surface area (Å²) >= 11 is 1.74. The SMILES string of the molecule is c1ccc(-c2nc(-c3ccc(-n4c5ccccc5c5c6c7ccccc7n(-c7ccccc7)c6c6c7cncnc7sc6c54)cc3)nc3ccccc23)cc1. The summed E-state index contributed by atoms with van der Waals surface area (Å²) in [7, 11) is 0. The number of rotatable bonds is 4. The van der Waals surface area contributed by atoms with Crippen LogP contribution in [0.3, 0.4) is 0 Å². The molecule has 0 amide bonds. The zero-order valence-electron chi connectivity index (χ0n) is 29.3. The van der Waals surface area contributed by atoms with Crippen molar-refractivity contribution in [2.45, 2.75) is 0 Å². The molecule has 7 heteroatoms.